The molecule has 2 heterocycles. The van der Waals surface area contributed by atoms with Crippen molar-refractivity contribution in [1.29, 1.82) is 0 Å². The maximum atomic E-state index is 14.1. The SMILES string of the molecule is CC(C)Cc1cc(F)cc2[nH]c(Cn3cccc(NC(=O)[C@H](CC/C=C/C(=O)N(C)C)NC(=O)O)c3=O)nc12. The molecule has 0 saturated carbocycles. The summed E-state index contributed by atoms with van der Waals surface area (Å²) in [6.07, 6.45) is 3.99. The van der Waals surface area contributed by atoms with Gasteiger partial charge in [0.15, 0.2) is 0 Å². The summed E-state index contributed by atoms with van der Waals surface area (Å²) in [5.74, 6) is -0.584. The van der Waals surface area contributed by atoms with Crippen molar-refractivity contribution in [1.82, 2.24) is 24.8 Å². The van der Waals surface area contributed by atoms with Gasteiger partial charge in [0.25, 0.3) is 5.56 Å². The summed E-state index contributed by atoms with van der Waals surface area (Å²) < 4.78 is 15.5. The first-order valence-electron chi connectivity index (χ1n) is 12.5. The molecule has 0 bridgehead atoms. The number of imidazole rings is 1. The lowest BCUT2D eigenvalue weighted by Crippen LogP contribution is -2.44. The average molecular weight is 541 g/mol. The number of H-pyrrole nitrogens is 1. The number of benzene rings is 1. The Morgan fingerprint density at radius 1 is 1.26 bits per heavy atom. The Kier molecular flexibility index (Phi) is 9.58. The van der Waals surface area contributed by atoms with Crippen molar-refractivity contribution < 1.29 is 23.9 Å². The minimum atomic E-state index is -1.40. The number of anilines is 1. The van der Waals surface area contributed by atoms with Crippen molar-refractivity contribution in [2.75, 3.05) is 19.4 Å². The summed E-state index contributed by atoms with van der Waals surface area (Å²) in [6.45, 7) is 4.10. The van der Waals surface area contributed by atoms with Gasteiger partial charge in [-0.25, -0.2) is 14.2 Å². The number of pyridine rings is 1. The van der Waals surface area contributed by atoms with E-state index in [2.05, 4.69) is 20.6 Å². The van der Waals surface area contributed by atoms with Crippen LogP contribution in [0.2, 0.25) is 0 Å². The molecule has 39 heavy (non-hydrogen) atoms. The Hall–Kier alpha value is -4.48. The maximum Gasteiger partial charge on any atom is 0.405 e. The molecule has 0 radical (unpaired) electrons. The van der Waals surface area contributed by atoms with E-state index in [0.29, 0.717) is 29.2 Å². The second kappa shape index (κ2) is 12.9. The van der Waals surface area contributed by atoms with Crippen molar-refractivity contribution in [2.45, 2.75) is 45.7 Å². The van der Waals surface area contributed by atoms with Gasteiger partial charge >= 0.3 is 6.09 Å². The van der Waals surface area contributed by atoms with Crippen molar-refractivity contribution in [2.24, 2.45) is 5.92 Å². The van der Waals surface area contributed by atoms with E-state index in [-0.39, 0.29) is 36.8 Å². The molecule has 1 atom stereocenters. The summed E-state index contributed by atoms with van der Waals surface area (Å²) in [6, 6.07) is 4.65. The lowest BCUT2D eigenvalue weighted by molar-refractivity contribution is -0.123. The fraction of sp³-hybridized carbons (Fsp3) is 0.370. The van der Waals surface area contributed by atoms with Gasteiger partial charge in [-0.2, -0.15) is 0 Å². The highest BCUT2D eigenvalue weighted by Crippen LogP contribution is 2.22. The summed E-state index contributed by atoms with van der Waals surface area (Å²) in [7, 11) is 3.19. The molecule has 0 saturated heterocycles. The average Bonchev–Trinajstić information content (AvgIpc) is 3.25. The molecule has 11 nitrogen and oxygen atoms in total. The number of halogens is 1. The number of hydrogen-bond donors (Lipinski definition) is 4. The molecule has 0 fully saturated rings. The van der Waals surface area contributed by atoms with E-state index >= 15 is 0 Å². The molecule has 208 valence electrons. The van der Waals surface area contributed by atoms with Gasteiger partial charge in [-0.1, -0.05) is 19.9 Å². The van der Waals surface area contributed by atoms with Gasteiger partial charge in [0.1, 0.15) is 23.4 Å². The molecule has 4 N–H and O–H groups in total. The monoisotopic (exact) mass is 540 g/mol. The first-order chi connectivity index (χ1) is 18.4. The van der Waals surface area contributed by atoms with Crippen LogP contribution in [0.15, 0.2) is 47.4 Å². The van der Waals surface area contributed by atoms with Crippen molar-refractivity contribution in [3.63, 3.8) is 0 Å². The van der Waals surface area contributed by atoms with E-state index in [9.17, 15) is 23.6 Å². The molecular formula is C27H33FN6O5. The van der Waals surface area contributed by atoms with Gasteiger partial charge in [0.2, 0.25) is 11.8 Å². The van der Waals surface area contributed by atoms with Crippen LogP contribution in [-0.4, -0.2) is 62.6 Å². The quantitative estimate of drug-likeness (QED) is 0.275. The number of rotatable bonds is 11. The first-order valence-corrected chi connectivity index (χ1v) is 12.5. The van der Waals surface area contributed by atoms with Gasteiger partial charge in [0.05, 0.1) is 17.6 Å². The number of aromatic amines is 1. The van der Waals surface area contributed by atoms with E-state index in [1.807, 2.05) is 13.8 Å². The molecule has 3 amide bonds. The molecule has 2 aromatic heterocycles. The zero-order valence-corrected chi connectivity index (χ0v) is 22.3. The van der Waals surface area contributed by atoms with Crippen LogP contribution in [0.5, 0.6) is 0 Å². The Morgan fingerprint density at radius 2 is 2.00 bits per heavy atom. The molecule has 0 aliphatic heterocycles. The second-order valence-electron chi connectivity index (χ2n) is 9.80. The minimum Gasteiger partial charge on any atom is -0.465 e. The van der Waals surface area contributed by atoms with E-state index in [4.69, 9.17) is 5.11 Å². The number of nitrogens with one attached hydrogen (secondary N) is 3. The van der Waals surface area contributed by atoms with Crippen molar-refractivity contribution in [3.05, 3.63) is 70.2 Å². The van der Waals surface area contributed by atoms with Crippen molar-refractivity contribution >= 4 is 34.6 Å². The van der Waals surface area contributed by atoms with Gasteiger partial charge in [-0.3, -0.25) is 14.4 Å². The normalized spacial score (nSPS) is 12.2. The third kappa shape index (κ3) is 8.00. The molecule has 3 aromatic rings. The maximum absolute atomic E-state index is 14.1. The minimum absolute atomic E-state index is 0.0410. The fourth-order valence-electron chi connectivity index (χ4n) is 4.02. The van der Waals surface area contributed by atoms with Crippen LogP contribution in [0, 0.1) is 11.7 Å². The van der Waals surface area contributed by atoms with Crippen LogP contribution in [0.4, 0.5) is 14.9 Å². The van der Waals surface area contributed by atoms with Crippen LogP contribution in [0.1, 0.15) is 38.1 Å². The van der Waals surface area contributed by atoms with Gasteiger partial charge < -0.3 is 30.2 Å². The van der Waals surface area contributed by atoms with Gasteiger partial charge in [-0.15, -0.1) is 0 Å². The lowest BCUT2D eigenvalue weighted by atomic mass is 10.0. The predicted octanol–water partition coefficient (Wildman–Crippen LogP) is 3.11. The highest BCUT2D eigenvalue weighted by atomic mass is 19.1. The number of carbonyl (C=O) groups is 3. The number of aromatic nitrogens is 3. The van der Waals surface area contributed by atoms with Crippen molar-refractivity contribution in [3.8, 4) is 0 Å². The number of carbonyl (C=O) groups excluding carboxylic acids is 2. The third-order valence-corrected chi connectivity index (χ3v) is 5.84. The highest BCUT2D eigenvalue weighted by molar-refractivity contribution is 5.96. The van der Waals surface area contributed by atoms with Crippen LogP contribution >= 0.6 is 0 Å². The summed E-state index contributed by atoms with van der Waals surface area (Å²) >= 11 is 0. The number of fused-ring (bicyclic) bond motifs is 1. The fourth-order valence-corrected chi connectivity index (χ4v) is 4.02. The van der Waals surface area contributed by atoms with Crippen LogP contribution in [0.25, 0.3) is 11.0 Å². The summed E-state index contributed by atoms with van der Waals surface area (Å²) in [5.41, 5.74) is 1.38. The number of allylic oxidation sites excluding steroid dienone is 1. The third-order valence-electron chi connectivity index (χ3n) is 5.84. The Bertz CT molecular complexity index is 1440. The zero-order chi connectivity index (χ0) is 28.7. The zero-order valence-electron chi connectivity index (χ0n) is 22.3. The Labute approximate surface area is 224 Å². The predicted molar refractivity (Wildman–Crippen MR) is 145 cm³/mol. The molecule has 12 heteroatoms. The van der Waals surface area contributed by atoms with Gasteiger partial charge in [0, 0.05) is 20.3 Å². The van der Waals surface area contributed by atoms with E-state index in [1.54, 1.807) is 26.2 Å². The van der Waals surface area contributed by atoms with Crippen LogP contribution < -0.4 is 16.2 Å². The Balaban J connectivity index is 1.77. The molecule has 0 unspecified atom stereocenters. The standard InChI is InChI=1S/C27H33FN6O5/c1-16(2)12-17-13-18(28)14-21-24(17)32-22(29-21)15-34-11-7-9-20(26(34)37)30-25(36)19(31-27(38)39)8-5-6-10-23(35)33(3)4/h6-7,9-11,13-14,16,19,31H,5,8,12,15H2,1-4H3,(H,29,32)(H,30,36)(H,38,39)/b10-6+/t19-/m0/s1. The van der Waals surface area contributed by atoms with E-state index in [1.165, 1.54) is 39.9 Å². The first kappa shape index (κ1) is 29.1. The molecule has 1 aromatic carbocycles. The number of carboxylic acid groups (broad SMARTS) is 1. The molecule has 0 spiro atoms. The number of hydrogen-bond acceptors (Lipinski definition) is 5. The Morgan fingerprint density at radius 3 is 2.67 bits per heavy atom. The molecule has 0 aliphatic carbocycles. The largest absolute Gasteiger partial charge is 0.465 e. The topological polar surface area (TPSA) is 149 Å². The number of nitrogens with zero attached hydrogens (tertiary/aromatic N) is 3. The molecular weight excluding hydrogens is 507 g/mol. The van der Waals surface area contributed by atoms with Crippen LogP contribution in [-0.2, 0) is 22.6 Å². The second-order valence-corrected chi connectivity index (χ2v) is 9.80. The van der Waals surface area contributed by atoms with E-state index in [0.717, 1.165) is 5.56 Å². The summed E-state index contributed by atoms with van der Waals surface area (Å²) in [4.78, 5) is 57.8. The van der Waals surface area contributed by atoms with Gasteiger partial charge in [-0.05, 0) is 61.1 Å². The van der Waals surface area contributed by atoms with Crippen LogP contribution in [0.3, 0.4) is 0 Å². The van der Waals surface area contributed by atoms with E-state index < -0.39 is 23.6 Å². The molecule has 3 rings (SSSR count). The highest BCUT2D eigenvalue weighted by Gasteiger charge is 2.21. The molecule has 0 aliphatic rings. The number of amides is 3. The lowest BCUT2D eigenvalue weighted by Gasteiger charge is -2.16. The smallest absolute Gasteiger partial charge is 0.405 e. The number of likely N-dealkylation sites (N-methyl/N-ethyl adjacent to an activating group) is 1. The summed E-state index contributed by atoms with van der Waals surface area (Å²) in [5, 5.41) is 13.8.